The third-order valence-corrected chi connectivity index (χ3v) is 6.88. The lowest BCUT2D eigenvalue weighted by Crippen LogP contribution is -2.39. The summed E-state index contributed by atoms with van der Waals surface area (Å²) in [5, 5.41) is 0. The molecule has 1 aromatic carbocycles. The molecule has 0 spiro atoms. The van der Waals surface area contributed by atoms with E-state index >= 15 is 0 Å². The number of esters is 1. The molecule has 0 bridgehead atoms. The molecule has 3 rings (SSSR count). The molecule has 13 heteroatoms. The smallest absolute Gasteiger partial charge is 0.430 e. The van der Waals surface area contributed by atoms with Crippen LogP contribution in [0, 0.1) is 5.92 Å². The van der Waals surface area contributed by atoms with Crippen molar-refractivity contribution in [2.75, 3.05) is 25.1 Å². The van der Waals surface area contributed by atoms with Crippen LogP contribution in [0.25, 0.3) is 11.3 Å². The monoisotopic (exact) mass is 558 g/mol. The highest BCUT2D eigenvalue weighted by Crippen LogP contribution is 2.32. The Morgan fingerprint density at radius 2 is 1.64 bits per heavy atom. The first-order chi connectivity index (χ1) is 18.6. The zero-order valence-corrected chi connectivity index (χ0v) is 23.0. The van der Waals surface area contributed by atoms with Crippen molar-refractivity contribution in [3.8, 4) is 17.0 Å². The summed E-state index contributed by atoms with van der Waals surface area (Å²) >= 11 is 0. The predicted molar refractivity (Wildman–Crippen MR) is 140 cm³/mol. The maximum absolute atomic E-state index is 14.1. The molecular formula is C26H30N4O8S. The van der Waals surface area contributed by atoms with Crippen LogP contribution in [0.15, 0.2) is 59.9 Å². The molecule has 1 unspecified atom stereocenters. The third-order valence-electron chi connectivity index (χ3n) is 5.19. The number of nitrogens with zero attached hydrogens (tertiary/aromatic N) is 4. The van der Waals surface area contributed by atoms with Crippen molar-refractivity contribution in [2.24, 2.45) is 5.92 Å². The van der Waals surface area contributed by atoms with E-state index in [1.165, 1.54) is 44.9 Å². The normalized spacial score (nSPS) is 12.1. The zero-order chi connectivity index (χ0) is 28.6. The third kappa shape index (κ3) is 7.06. The van der Waals surface area contributed by atoms with Gasteiger partial charge in [0.1, 0.15) is 16.3 Å². The maximum atomic E-state index is 14.1. The highest BCUT2D eigenvalue weighted by molar-refractivity contribution is 7.93. The fourth-order valence-corrected chi connectivity index (χ4v) is 4.88. The number of aromatic nitrogens is 3. The van der Waals surface area contributed by atoms with Crippen molar-refractivity contribution in [1.82, 2.24) is 15.0 Å². The molecule has 208 valence electrons. The number of methoxy groups -OCH3 is 2. The number of rotatable bonds is 11. The SMILES string of the molecule is COCc1nccnc1N(C(=O)OCC(C)C)S(=O)(=O)c1cccnc1-c1ccc(OC(C)C(=O)OC)cc1. The van der Waals surface area contributed by atoms with Crippen molar-refractivity contribution in [2.45, 2.75) is 38.4 Å². The first-order valence-electron chi connectivity index (χ1n) is 11.9. The summed E-state index contributed by atoms with van der Waals surface area (Å²) in [6.07, 6.45) is 2.08. The number of benzene rings is 1. The summed E-state index contributed by atoms with van der Waals surface area (Å²) < 4.78 is 49.3. The van der Waals surface area contributed by atoms with Gasteiger partial charge in [-0.2, -0.15) is 0 Å². The van der Waals surface area contributed by atoms with Gasteiger partial charge in [0.05, 0.1) is 26.0 Å². The predicted octanol–water partition coefficient (Wildman–Crippen LogP) is 3.61. The van der Waals surface area contributed by atoms with Gasteiger partial charge in [-0.25, -0.2) is 23.0 Å². The number of ether oxygens (including phenoxy) is 4. The Balaban J connectivity index is 2.08. The van der Waals surface area contributed by atoms with Gasteiger partial charge in [-0.1, -0.05) is 13.8 Å². The number of sulfonamides is 1. The molecule has 0 saturated heterocycles. The number of hydrogen-bond acceptors (Lipinski definition) is 11. The van der Waals surface area contributed by atoms with Gasteiger partial charge in [0.25, 0.3) is 10.0 Å². The molecule has 0 aliphatic heterocycles. The minimum absolute atomic E-state index is 0.0178. The second kappa shape index (κ2) is 13.1. The standard InChI is InChI=1S/C26H30N4O8S/c1-17(2)15-37-26(32)30(24-21(16-35-4)27-13-14-29-24)39(33,34)22-7-6-12-28-23(22)19-8-10-20(11-9-19)38-18(3)25(31)36-5/h6-14,17-18H,15-16H2,1-5H3. The average Bonchev–Trinajstić information content (AvgIpc) is 2.93. The summed E-state index contributed by atoms with van der Waals surface area (Å²) in [6.45, 7) is 5.07. The van der Waals surface area contributed by atoms with Crippen LogP contribution in [0.3, 0.4) is 0 Å². The molecular weight excluding hydrogens is 528 g/mol. The maximum Gasteiger partial charge on any atom is 0.430 e. The quantitative estimate of drug-likeness (QED) is 0.318. The molecule has 0 radical (unpaired) electrons. The topological polar surface area (TPSA) is 147 Å². The fourth-order valence-electron chi connectivity index (χ4n) is 3.39. The highest BCUT2D eigenvalue weighted by atomic mass is 32.2. The number of carbonyl (C=O) groups is 2. The second-order valence-corrected chi connectivity index (χ2v) is 10.4. The van der Waals surface area contributed by atoms with E-state index < -0.39 is 28.2 Å². The number of carbonyl (C=O) groups excluding carboxylic acids is 2. The lowest BCUT2D eigenvalue weighted by molar-refractivity contribution is -0.147. The molecule has 39 heavy (non-hydrogen) atoms. The van der Waals surface area contributed by atoms with E-state index in [9.17, 15) is 18.0 Å². The Hall–Kier alpha value is -4.10. The van der Waals surface area contributed by atoms with Gasteiger partial charge in [-0.15, -0.1) is 4.31 Å². The summed E-state index contributed by atoms with van der Waals surface area (Å²) in [5.74, 6) is -0.475. The molecule has 0 N–H and O–H groups in total. The van der Waals surface area contributed by atoms with Crippen molar-refractivity contribution in [3.63, 3.8) is 0 Å². The molecule has 1 amide bonds. The molecule has 0 aliphatic carbocycles. The van der Waals surface area contributed by atoms with E-state index in [4.69, 9.17) is 14.2 Å². The van der Waals surface area contributed by atoms with E-state index in [1.54, 1.807) is 31.2 Å². The Kier molecular flexibility index (Phi) is 9.90. The molecule has 1 atom stereocenters. The van der Waals surface area contributed by atoms with Crippen LogP contribution < -0.4 is 9.04 Å². The molecule has 2 aromatic heterocycles. The van der Waals surface area contributed by atoms with E-state index in [2.05, 4.69) is 19.7 Å². The summed E-state index contributed by atoms with van der Waals surface area (Å²) in [6, 6.07) is 9.07. The van der Waals surface area contributed by atoms with Gasteiger partial charge >= 0.3 is 12.1 Å². The average molecular weight is 559 g/mol. The number of amides is 1. The van der Waals surface area contributed by atoms with Crippen molar-refractivity contribution < 1.29 is 37.0 Å². The van der Waals surface area contributed by atoms with E-state index in [-0.39, 0.29) is 41.2 Å². The first-order valence-corrected chi connectivity index (χ1v) is 13.3. The van der Waals surface area contributed by atoms with Crippen LogP contribution >= 0.6 is 0 Å². The van der Waals surface area contributed by atoms with Crippen molar-refractivity contribution in [3.05, 3.63) is 60.7 Å². The summed E-state index contributed by atoms with van der Waals surface area (Å²) in [7, 11) is -1.95. The second-order valence-electron chi connectivity index (χ2n) is 8.66. The van der Waals surface area contributed by atoms with Crippen LogP contribution in [0.5, 0.6) is 5.75 Å². The number of hydrogen-bond donors (Lipinski definition) is 0. The lowest BCUT2D eigenvalue weighted by atomic mass is 10.1. The van der Waals surface area contributed by atoms with E-state index in [1.807, 2.05) is 13.8 Å². The van der Waals surface area contributed by atoms with Crippen LogP contribution in [0.1, 0.15) is 26.5 Å². The molecule has 2 heterocycles. The lowest BCUT2D eigenvalue weighted by Gasteiger charge is -2.24. The Morgan fingerprint density at radius 1 is 0.949 bits per heavy atom. The zero-order valence-electron chi connectivity index (χ0n) is 22.2. The van der Waals surface area contributed by atoms with Crippen molar-refractivity contribution in [1.29, 1.82) is 0 Å². The van der Waals surface area contributed by atoms with Crippen molar-refractivity contribution >= 4 is 27.9 Å². The molecule has 0 fully saturated rings. The Bertz CT molecular complexity index is 1400. The van der Waals surface area contributed by atoms with Crippen LogP contribution in [-0.4, -0.2) is 62.4 Å². The fraction of sp³-hybridized carbons (Fsp3) is 0.346. The van der Waals surface area contributed by atoms with E-state index in [0.29, 0.717) is 15.6 Å². The van der Waals surface area contributed by atoms with Gasteiger partial charge < -0.3 is 18.9 Å². The largest absolute Gasteiger partial charge is 0.479 e. The number of pyridine rings is 1. The summed E-state index contributed by atoms with van der Waals surface area (Å²) in [5.41, 5.74) is 0.611. The van der Waals surface area contributed by atoms with Gasteiger partial charge in [-0.3, -0.25) is 9.97 Å². The minimum Gasteiger partial charge on any atom is -0.479 e. The van der Waals surface area contributed by atoms with E-state index in [0.717, 1.165) is 0 Å². The Morgan fingerprint density at radius 3 is 2.28 bits per heavy atom. The van der Waals surface area contributed by atoms with Crippen LogP contribution in [0.4, 0.5) is 10.6 Å². The Labute approximate surface area is 227 Å². The molecule has 0 aliphatic rings. The highest BCUT2D eigenvalue weighted by Gasteiger charge is 2.37. The summed E-state index contributed by atoms with van der Waals surface area (Å²) in [4.78, 5) is 37.2. The van der Waals surface area contributed by atoms with Crippen LogP contribution in [-0.2, 0) is 35.6 Å². The van der Waals surface area contributed by atoms with Gasteiger partial charge in [0.15, 0.2) is 11.9 Å². The molecule has 0 saturated carbocycles. The molecule has 12 nitrogen and oxygen atoms in total. The van der Waals surface area contributed by atoms with Crippen LogP contribution in [0.2, 0.25) is 0 Å². The van der Waals surface area contributed by atoms with Gasteiger partial charge in [0.2, 0.25) is 0 Å². The minimum atomic E-state index is -4.62. The number of anilines is 1. The van der Waals surface area contributed by atoms with Gasteiger partial charge in [0, 0.05) is 31.3 Å². The van der Waals surface area contributed by atoms with Gasteiger partial charge in [-0.05, 0) is 49.2 Å². The molecule has 3 aromatic rings. The first kappa shape index (κ1) is 29.5.